The molecule has 1 aromatic heterocycles. The predicted octanol–water partition coefficient (Wildman–Crippen LogP) is 6.95. The SMILES string of the molecule is CCCOc1ccccc1Nc1nc(Nc2ccc(OC(C)(C)C)cc2)ncc1C(F)(F)F. The molecule has 33 heavy (non-hydrogen) atoms. The van der Waals surface area contributed by atoms with Crippen molar-refractivity contribution in [3.05, 3.63) is 60.3 Å². The Balaban J connectivity index is 1.87. The van der Waals surface area contributed by atoms with E-state index in [0.717, 1.165) is 12.6 Å². The lowest BCUT2D eigenvalue weighted by atomic mass is 10.2. The van der Waals surface area contributed by atoms with Gasteiger partial charge in [0.15, 0.2) is 0 Å². The second-order valence-electron chi connectivity index (χ2n) is 8.29. The first-order valence-corrected chi connectivity index (χ1v) is 10.5. The number of hydrogen-bond acceptors (Lipinski definition) is 6. The number of hydrogen-bond donors (Lipinski definition) is 2. The lowest BCUT2D eigenvalue weighted by Crippen LogP contribution is -2.22. The molecule has 0 aliphatic heterocycles. The maximum atomic E-state index is 13.6. The fourth-order valence-electron chi connectivity index (χ4n) is 2.87. The van der Waals surface area contributed by atoms with Crippen LogP contribution in [0.2, 0.25) is 0 Å². The molecule has 0 aliphatic carbocycles. The molecule has 0 unspecified atom stereocenters. The zero-order valence-electron chi connectivity index (χ0n) is 19.0. The molecule has 3 rings (SSSR count). The number of benzene rings is 2. The predicted molar refractivity (Wildman–Crippen MR) is 123 cm³/mol. The quantitative estimate of drug-likeness (QED) is 0.379. The van der Waals surface area contributed by atoms with Crippen molar-refractivity contribution in [3.8, 4) is 11.5 Å². The Labute approximate surface area is 191 Å². The normalized spacial score (nSPS) is 11.7. The number of rotatable bonds is 8. The van der Waals surface area contributed by atoms with Gasteiger partial charge < -0.3 is 20.1 Å². The van der Waals surface area contributed by atoms with Crippen LogP contribution in [0.4, 0.5) is 36.3 Å². The summed E-state index contributed by atoms with van der Waals surface area (Å²) in [6.07, 6.45) is -3.11. The van der Waals surface area contributed by atoms with E-state index in [2.05, 4.69) is 20.6 Å². The molecular formula is C24H27F3N4O2. The molecule has 3 aromatic rings. The molecule has 0 saturated carbocycles. The van der Waals surface area contributed by atoms with Crippen LogP contribution in [-0.2, 0) is 6.18 Å². The highest BCUT2D eigenvalue weighted by Crippen LogP contribution is 2.37. The molecule has 0 spiro atoms. The van der Waals surface area contributed by atoms with Crippen molar-refractivity contribution in [3.63, 3.8) is 0 Å². The maximum absolute atomic E-state index is 13.6. The van der Waals surface area contributed by atoms with Gasteiger partial charge in [0.1, 0.15) is 28.5 Å². The summed E-state index contributed by atoms with van der Waals surface area (Å²) in [7, 11) is 0. The van der Waals surface area contributed by atoms with E-state index in [4.69, 9.17) is 9.47 Å². The van der Waals surface area contributed by atoms with E-state index in [9.17, 15) is 13.2 Å². The number of para-hydroxylation sites is 2. The molecule has 0 aliphatic rings. The van der Waals surface area contributed by atoms with Gasteiger partial charge in [-0.05, 0) is 63.6 Å². The summed E-state index contributed by atoms with van der Waals surface area (Å²) in [4.78, 5) is 7.94. The number of aromatic nitrogens is 2. The van der Waals surface area contributed by atoms with Gasteiger partial charge in [0.25, 0.3) is 0 Å². The fourth-order valence-corrected chi connectivity index (χ4v) is 2.87. The molecule has 1 heterocycles. The third-order valence-corrected chi connectivity index (χ3v) is 4.23. The monoisotopic (exact) mass is 460 g/mol. The zero-order valence-corrected chi connectivity index (χ0v) is 19.0. The van der Waals surface area contributed by atoms with Crippen molar-refractivity contribution in [1.82, 2.24) is 9.97 Å². The molecule has 0 amide bonds. The highest BCUT2D eigenvalue weighted by atomic mass is 19.4. The highest BCUT2D eigenvalue weighted by Gasteiger charge is 2.35. The summed E-state index contributed by atoms with van der Waals surface area (Å²) in [5.41, 5.74) is -0.339. The van der Waals surface area contributed by atoms with Crippen molar-refractivity contribution in [2.45, 2.75) is 45.9 Å². The van der Waals surface area contributed by atoms with Gasteiger partial charge in [0.05, 0.1) is 12.3 Å². The van der Waals surface area contributed by atoms with E-state index in [1.807, 2.05) is 27.7 Å². The van der Waals surface area contributed by atoms with Gasteiger partial charge in [-0.15, -0.1) is 0 Å². The zero-order chi connectivity index (χ0) is 24.1. The molecule has 2 aromatic carbocycles. The van der Waals surface area contributed by atoms with Crippen LogP contribution < -0.4 is 20.1 Å². The van der Waals surface area contributed by atoms with Crippen molar-refractivity contribution in [1.29, 1.82) is 0 Å². The summed E-state index contributed by atoms with van der Waals surface area (Å²) in [5, 5.41) is 5.69. The van der Waals surface area contributed by atoms with E-state index in [-0.39, 0.29) is 17.4 Å². The molecule has 9 heteroatoms. The van der Waals surface area contributed by atoms with Gasteiger partial charge >= 0.3 is 6.18 Å². The lowest BCUT2D eigenvalue weighted by molar-refractivity contribution is -0.137. The van der Waals surface area contributed by atoms with Crippen molar-refractivity contribution in [2.75, 3.05) is 17.2 Å². The minimum absolute atomic E-state index is 0.0157. The van der Waals surface area contributed by atoms with Crippen LogP contribution in [0.3, 0.4) is 0 Å². The Bertz CT molecular complexity index is 1060. The minimum atomic E-state index is -4.63. The van der Waals surface area contributed by atoms with Crippen molar-refractivity contribution in [2.24, 2.45) is 0 Å². The van der Waals surface area contributed by atoms with E-state index < -0.39 is 11.7 Å². The molecule has 0 atom stereocenters. The first-order chi connectivity index (χ1) is 15.5. The average Bonchev–Trinajstić information content (AvgIpc) is 2.73. The van der Waals surface area contributed by atoms with Crippen LogP contribution >= 0.6 is 0 Å². The largest absolute Gasteiger partial charge is 0.491 e. The second-order valence-corrected chi connectivity index (χ2v) is 8.29. The number of alkyl halides is 3. The third-order valence-electron chi connectivity index (χ3n) is 4.23. The van der Waals surface area contributed by atoms with Gasteiger partial charge in [-0.2, -0.15) is 18.2 Å². The second kappa shape index (κ2) is 9.97. The van der Waals surface area contributed by atoms with Crippen LogP contribution in [0, 0.1) is 0 Å². The summed E-state index contributed by atoms with van der Waals surface area (Å²) in [6.45, 7) is 8.21. The standard InChI is InChI=1S/C24H27F3N4O2/c1-5-14-32-20-9-7-6-8-19(20)30-21-18(24(25,26)27)15-28-22(31-21)29-16-10-12-17(13-11-16)33-23(2,3)4/h6-13,15H,5,14H2,1-4H3,(H2,28,29,30,31). The van der Waals surface area contributed by atoms with Gasteiger partial charge in [-0.25, -0.2) is 4.98 Å². The first kappa shape index (κ1) is 24.2. The highest BCUT2D eigenvalue weighted by molar-refractivity contribution is 5.67. The Morgan fingerprint density at radius 2 is 1.64 bits per heavy atom. The summed E-state index contributed by atoms with van der Waals surface area (Å²) >= 11 is 0. The Kier molecular flexibility index (Phi) is 7.30. The van der Waals surface area contributed by atoms with Gasteiger partial charge in [-0.1, -0.05) is 19.1 Å². The number of ether oxygens (including phenoxy) is 2. The number of nitrogens with one attached hydrogen (secondary N) is 2. The van der Waals surface area contributed by atoms with Crippen LogP contribution in [-0.4, -0.2) is 22.2 Å². The van der Waals surface area contributed by atoms with Crippen LogP contribution in [0.15, 0.2) is 54.7 Å². The summed E-state index contributed by atoms with van der Waals surface area (Å²) in [5.74, 6) is 0.754. The van der Waals surface area contributed by atoms with E-state index >= 15 is 0 Å². The molecule has 6 nitrogen and oxygen atoms in total. The Morgan fingerprint density at radius 1 is 0.939 bits per heavy atom. The first-order valence-electron chi connectivity index (χ1n) is 10.5. The molecule has 0 fully saturated rings. The number of halogens is 3. The molecule has 2 N–H and O–H groups in total. The maximum Gasteiger partial charge on any atom is 0.421 e. The molecular weight excluding hydrogens is 433 g/mol. The smallest absolute Gasteiger partial charge is 0.421 e. The average molecular weight is 461 g/mol. The van der Waals surface area contributed by atoms with Crippen LogP contribution in [0.1, 0.15) is 39.7 Å². The summed E-state index contributed by atoms with van der Waals surface area (Å²) < 4.78 is 52.2. The lowest BCUT2D eigenvalue weighted by Gasteiger charge is -2.21. The topological polar surface area (TPSA) is 68.3 Å². The number of anilines is 4. The third kappa shape index (κ3) is 7.00. The van der Waals surface area contributed by atoms with E-state index in [1.165, 1.54) is 0 Å². The molecule has 0 saturated heterocycles. The number of nitrogens with zero attached hydrogens (tertiary/aromatic N) is 2. The Hall–Kier alpha value is -3.49. The van der Waals surface area contributed by atoms with Crippen LogP contribution in [0.5, 0.6) is 11.5 Å². The fraction of sp³-hybridized carbons (Fsp3) is 0.333. The van der Waals surface area contributed by atoms with Gasteiger partial charge in [0, 0.05) is 11.9 Å². The molecule has 0 radical (unpaired) electrons. The Morgan fingerprint density at radius 3 is 2.27 bits per heavy atom. The van der Waals surface area contributed by atoms with Crippen LogP contribution in [0.25, 0.3) is 0 Å². The van der Waals surface area contributed by atoms with Gasteiger partial charge in [0.2, 0.25) is 5.95 Å². The molecule has 176 valence electrons. The van der Waals surface area contributed by atoms with Crippen molar-refractivity contribution >= 4 is 23.1 Å². The van der Waals surface area contributed by atoms with E-state index in [1.54, 1.807) is 48.5 Å². The summed E-state index contributed by atoms with van der Waals surface area (Å²) in [6, 6.07) is 13.8. The minimum Gasteiger partial charge on any atom is -0.491 e. The molecule has 0 bridgehead atoms. The van der Waals surface area contributed by atoms with E-state index in [0.29, 0.717) is 29.5 Å². The van der Waals surface area contributed by atoms with Gasteiger partial charge in [-0.3, -0.25) is 0 Å². The van der Waals surface area contributed by atoms with Crippen molar-refractivity contribution < 1.29 is 22.6 Å².